The van der Waals surface area contributed by atoms with Gasteiger partial charge in [-0.1, -0.05) is 6.07 Å². The van der Waals surface area contributed by atoms with E-state index in [0.717, 1.165) is 17.7 Å². The van der Waals surface area contributed by atoms with Crippen molar-refractivity contribution < 1.29 is 9.53 Å². The molecule has 0 aliphatic rings. The molecule has 0 spiro atoms. The van der Waals surface area contributed by atoms with Gasteiger partial charge in [0.1, 0.15) is 11.6 Å². The van der Waals surface area contributed by atoms with Gasteiger partial charge in [-0.05, 0) is 31.0 Å². The Morgan fingerprint density at radius 1 is 1.39 bits per heavy atom. The first-order valence-corrected chi connectivity index (χ1v) is 6.79. The Morgan fingerprint density at radius 3 is 2.72 bits per heavy atom. The molecule has 1 amide bonds. The summed E-state index contributed by atoms with van der Waals surface area (Å²) in [5.74, 6) is 1.01. The number of benzene rings is 1. The van der Waals surface area contributed by atoms with Crippen LogP contribution < -0.4 is 9.64 Å². The van der Waals surface area contributed by atoms with Crippen molar-refractivity contribution in [1.82, 2.24) is 0 Å². The minimum Gasteiger partial charge on any atom is -0.491 e. The van der Waals surface area contributed by atoms with Gasteiger partial charge >= 0.3 is 0 Å². The third kappa shape index (κ3) is 4.07. The third-order valence-corrected chi connectivity index (χ3v) is 3.00. The second-order valence-corrected chi connectivity index (χ2v) is 4.59. The summed E-state index contributed by atoms with van der Waals surface area (Å²) in [5.41, 5.74) is 1.79. The number of hydrogen-bond donors (Lipinski definition) is 0. The third-order valence-electron chi connectivity index (χ3n) is 2.50. The highest BCUT2D eigenvalue weighted by atomic mass is 35.5. The number of carbonyl (C=O) groups excluding carboxylic acids is 1. The molecule has 0 bridgehead atoms. The molecule has 100 valence electrons. The normalized spacial score (nSPS) is 10.2. The Morgan fingerprint density at radius 2 is 2.11 bits per heavy atom. The SMILES string of the molecule is Cc1ccc(OCCCCl)c(N(C)C(=O)CCl)c1. The summed E-state index contributed by atoms with van der Waals surface area (Å²) in [4.78, 5) is 13.1. The summed E-state index contributed by atoms with van der Waals surface area (Å²) in [5, 5.41) is 0. The van der Waals surface area contributed by atoms with E-state index < -0.39 is 0 Å². The molecular weight excluding hydrogens is 273 g/mol. The quantitative estimate of drug-likeness (QED) is 0.595. The highest BCUT2D eigenvalue weighted by Crippen LogP contribution is 2.29. The molecule has 0 saturated heterocycles. The fourth-order valence-electron chi connectivity index (χ4n) is 1.47. The molecule has 0 radical (unpaired) electrons. The van der Waals surface area contributed by atoms with Crippen LogP contribution in [0.4, 0.5) is 5.69 Å². The lowest BCUT2D eigenvalue weighted by molar-refractivity contribution is -0.116. The van der Waals surface area contributed by atoms with Crippen LogP contribution in [0.2, 0.25) is 0 Å². The van der Waals surface area contributed by atoms with Crippen LogP contribution >= 0.6 is 23.2 Å². The van der Waals surface area contributed by atoms with E-state index in [1.54, 1.807) is 7.05 Å². The van der Waals surface area contributed by atoms with Gasteiger partial charge in [0.15, 0.2) is 0 Å². The van der Waals surface area contributed by atoms with Gasteiger partial charge in [0, 0.05) is 12.9 Å². The molecule has 0 saturated carbocycles. The lowest BCUT2D eigenvalue weighted by atomic mass is 10.2. The fourth-order valence-corrected chi connectivity index (χ4v) is 1.76. The van der Waals surface area contributed by atoms with E-state index >= 15 is 0 Å². The van der Waals surface area contributed by atoms with E-state index in [1.807, 2.05) is 25.1 Å². The van der Waals surface area contributed by atoms with Gasteiger partial charge in [-0.25, -0.2) is 0 Å². The van der Waals surface area contributed by atoms with E-state index in [0.29, 0.717) is 18.2 Å². The van der Waals surface area contributed by atoms with Crippen molar-refractivity contribution in [3.8, 4) is 5.75 Å². The van der Waals surface area contributed by atoms with Crippen LogP contribution in [0.25, 0.3) is 0 Å². The minimum atomic E-state index is -0.163. The number of aryl methyl sites for hydroxylation is 1. The molecule has 0 fully saturated rings. The number of halogens is 2. The van der Waals surface area contributed by atoms with Gasteiger partial charge in [0.25, 0.3) is 0 Å². The molecule has 5 heteroatoms. The first kappa shape index (κ1) is 15.1. The molecule has 1 aromatic carbocycles. The maximum absolute atomic E-state index is 11.6. The number of nitrogens with zero attached hydrogens (tertiary/aromatic N) is 1. The van der Waals surface area contributed by atoms with Crippen LogP contribution in [-0.4, -0.2) is 31.3 Å². The highest BCUT2D eigenvalue weighted by Gasteiger charge is 2.14. The van der Waals surface area contributed by atoms with Crippen LogP contribution in [0.5, 0.6) is 5.75 Å². The predicted octanol–water partition coefficient (Wildman–Crippen LogP) is 3.20. The van der Waals surface area contributed by atoms with Gasteiger partial charge in [-0.3, -0.25) is 4.79 Å². The number of carbonyl (C=O) groups is 1. The lowest BCUT2D eigenvalue weighted by Gasteiger charge is -2.20. The Bertz CT molecular complexity index is 410. The average molecular weight is 290 g/mol. The highest BCUT2D eigenvalue weighted by molar-refractivity contribution is 6.29. The van der Waals surface area contributed by atoms with E-state index in [2.05, 4.69) is 0 Å². The van der Waals surface area contributed by atoms with Gasteiger partial charge in [0.2, 0.25) is 5.91 Å². The summed E-state index contributed by atoms with van der Waals surface area (Å²) in [6.07, 6.45) is 0.766. The second kappa shape index (κ2) is 7.49. The molecule has 0 unspecified atom stereocenters. The zero-order valence-electron chi connectivity index (χ0n) is 10.6. The zero-order chi connectivity index (χ0) is 13.5. The van der Waals surface area contributed by atoms with Crippen LogP contribution in [0, 0.1) is 6.92 Å². The van der Waals surface area contributed by atoms with Gasteiger partial charge < -0.3 is 9.64 Å². The minimum absolute atomic E-state index is 0.0500. The maximum Gasteiger partial charge on any atom is 0.241 e. The van der Waals surface area contributed by atoms with E-state index in [1.165, 1.54) is 4.90 Å². The van der Waals surface area contributed by atoms with Gasteiger partial charge in [0.05, 0.1) is 12.3 Å². The molecule has 0 heterocycles. The molecule has 0 N–H and O–H groups in total. The van der Waals surface area contributed by atoms with Crippen LogP contribution in [0.15, 0.2) is 18.2 Å². The van der Waals surface area contributed by atoms with E-state index in [-0.39, 0.29) is 11.8 Å². The van der Waals surface area contributed by atoms with Crippen molar-refractivity contribution in [1.29, 1.82) is 0 Å². The first-order valence-electron chi connectivity index (χ1n) is 5.72. The molecular formula is C13H17Cl2NO2. The summed E-state index contributed by atoms with van der Waals surface area (Å²) in [7, 11) is 1.69. The summed E-state index contributed by atoms with van der Waals surface area (Å²) < 4.78 is 5.63. The Hall–Kier alpha value is -0.930. The number of ether oxygens (including phenoxy) is 1. The van der Waals surface area contributed by atoms with Crippen molar-refractivity contribution in [3.63, 3.8) is 0 Å². The molecule has 1 rings (SSSR count). The molecule has 1 aromatic rings. The number of anilines is 1. The first-order chi connectivity index (χ1) is 8.60. The van der Waals surface area contributed by atoms with Crippen molar-refractivity contribution in [2.24, 2.45) is 0 Å². The second-order valence-electron chi connectivity index (χ2n) is 3.95. The summed E-state index contributed by atoms with van der Waals surface area (Å²) >= 11 is 11.2. The van der Waals surface area contributed by atoms with Crippen LogP contribution in [0.3, 0.4) is 0 Å². The lowest BCUT2D eigenvalue weighted by Crippen LogP contribution is -2.27. The fraction of sp³-hybridized carbons (Fsp3) is 0.462. The van der Waals surface area contributed by atoms with Gasteiger partial charge in [-0.2, -0.15) is 0 Å². The maximum atomic E-state index is 11.6. The van der Waals surface area contributed by atoms with E-state index in [9.17, 15) is 4.79 Å². The Kier molecular flexibility index (Phi) is 6.30. The Balaban J connectivity index is 2.92. The molecule has 0 aliphatic carbocycles. The predicted molar refractivity (Wildman–Crippen MR) is 76.1 cm³/mol. The Labute approximate surface area is 118 Å². The van der Waals surface area contributed by atoms with Crippen molar-refractivity contribution >= 4 is 34.8 Å². The average Bonchev–Trinajstić information content (AvgIpc) is 2.38. The molecule has 0 aromatic heterocycles. The molecule has 0 aliphatic heterocycles. The van der Waals surface area contributed by atoms with Gasteiger partial charge in [-0.15, -0.1) is 23.2 Å². The van der Waals surface area contributed by atoms with Crippen molar-refractivity contribution in [2.45, 2.75) is 13.3 Å². The van der Waals surface area contributed by atoms with Crippen molar-refractivity contribution in [3.05, 3.63) is 23.8 Å². The molecule has 0 atom stereocenters. The standard InChI is InChI=1S/C13H17Cl2NO2/c1-10-4-5-12(18-7-3-6-14)11(8-10)16(2)13(17)9-15/h4-5,8H,3,6-7,9H2,1-2H3. The van der Waals surface area contributed by atoms with Crippen molar-refractivity contribution in [2.75, 3.05) is 30.3 Å². The number of rotatable bonds is 6. The number of hydrogen-bond acceptors (Lipinski definition) is 2. The smallest absolute Gasteiger partial charge is 0.241 e. The van der Waals surface area contributed by atoms with Crippen LogP contribution in [-0.2, 0) is 4.79 Å². The number of alkyl halides is 2. The summed E-state index contributed by atoms with van der Waals surface area (Å²) in [6.45, 7) is 2.49. The number of amides is 1. The molecule has 3 nitrogen and oxygen atoms in total. The monoisotopic (exact) mass is 289 g/mol. The van der Waals surface area contributed by atoms with Crippen LogP contribution in [0.1, 0.15) is 12.0 Å². The van der Waals surface area contributed by atoms with E-state index in [4.69, 9.17) is 27.9 Å². The molecule has 18 heavy (non-hydrogen) atoms. The topological polar surface area (TPSA) is 29.5 Å². The summed E-state index contributed by atoms with van der Waals surface area (Å²) in [6, 6.07) is 5.70. The largest absolute Gasteiger partial charge is 0.491 e. The zero-order valence-corrected chi connectivity index (χ0v) is 12.1.